The zero-order valence-corrected chi connectivity index (χ0v) is 9.28. The summed E-state index contributed by atoms with van der Waals surface area (Å²) in [6.07, 6.45) is 6.50. The van der Waals surface area contributed by atoms with Crippen molar-refractivity contribution >= 4 is 5.78 Å². The first kappa shape index (κ1) is 11.1. The molecule has 1 saturated carbocycles. The maximum atomic E-state index is 12.2. The Morgan fingerprint density at radius 2 is 1.93 bits per heavy atom. The Labute approximate surface area is 91.4 Å². The zero-order chi connectivity index (χ0) is 10.7. The van der Waals surface area contributed by atoms with Crippen LogP contribution >= 0.6 is 0 Å². The van der Waals surface area contributed by atoms with Crippen LogP contribution in [0.15, 0.2) is 0 Å². The molecule has 15 heavy (non-hydrogen) atoms. The molecule has 3 nitrogen and oxygen atoms in total. The fraction of sp³-hybridized carbons (Fsp3) is 0.917. The van der Waals surface area contributed by atoms with E-state index < -0.39 is 0 Å². The van der Waals surface area contributed by atoms with E-state index in [1.165, 1.54) is 12.8 Å². The Bertz CT molecular complexity index is 224. The van der Waals surface area contributed by atoms with Gasteiger partial charge in [-0.25, -0.2) is 0 Å². The third-order valence-corrected chi connectivity index (χ3v) is 3.77. The van der Waals surface area contributed by atoms with Gasteiger partial charge in [-0.05, 0) is 19.3 Å². The van der Waals surface area contributed by atoms with Gasteiger partial charge in [-0.1, -0.05) is 19.3 Å². The van der Waals surface area contributed by atoms with Crippen LogP contribution in [-0.2, 0) is 9.53 Å². The van der Waals surface area contributed by atoms with Gasteiger partial charge in [0.1, 0.15) is 5.78 Å². The van der Waals surface area contributed by atoms with Gasteiger partial charge < -0.3 is 10.5 Å². The predicted molar refractivity (Wildman–Crippen MR) is 58.5 cm³/mol. The number of hydrogen-bond donors (Lipinski definition) is 1. The van der Waals surface area contributed by atoms with Crippen molar-refractivity contribution in [1.29, 1.82) is 0 Å². The van der Waals surface area contributed by atoms with Crippen molar-refractivity contribution in [3.05, 3.63) is 0 Å². The van der Waals surface area contributed by atoms with Crippen LogP contribution in [0.3, 0.4) is 0 Å². The van der Waals surface area contributed by atoms with Crippen molar-refractivity contribution in [2.45, 2.75) is 44.6 Å². The molecule has 3 heteroatoms. The molecule has 0 aromatic heterocycles. The van der Waals surface area contributed by atoms with Gasteiger partial charge in [0.2, 0.25) is 0 Å². The molecule has 0 aromatic carbocycles. The highest BCUT2D eigenvalue weighted by Gasteiger charge is 2.33. The van der Waals surface area contributed by atoms with E-state index in [2.05, 4.69) is 0 Å². The summed E-state index contributed by atoms with van der Waals surface area (Å²) in [5.74, 6) is 0.625. The van der Waals surface area contributed by atoms with E-state index in [-0.39, 0.29) is 17.9 Å². The summed E-state index contributed by atoms with van der Waals surface area (Å²) in [6, 6.07) is 0.0978. The summed E-state index contributed by atoms with van der Waals surface area (Å²) in [6.45, 7) is 1.38. The highest BCUT2D eigenvalue weighted by Crippen LogP contribution is 2.27. The summed E-state index contributed by atoms with van der Waals surface area (Å²) in [4.78, 5) is 12.2. The lowest BCUT2D eigenvalue weighted by molar-refractivity contribution is -0.127. The lowest BCUT2D eigenvalue weighted by Gasteiger charge is -2.22. The Morgan fingerprint density at radius 3 is 2.67 bits per heavy atom. The molecule has 2 fully saturated rings. The van der Waals surface area contributed by atoms with Crippen LogP contribution in [-0.4, -0.2) is 25.0 Å². The van der Waals surface area contributed by atoms with Crippen LogP contribution in [0, 0.1) is 11.8 Å². The summed E-state index contributed by atoms with van der Waals surface area (Å²) in [5, 5.41) is 0. The van der Waals surface area contributed by atoms with E-state index >= 15 is 0 Å². The summed E-state index contributed by atoms with van der Waals surface area (Å²) in [7, 11) is 0. The van der Waals surface area contributed by atoms with Gasteiger partial charge >= 0.3 is 0 Å². The number of carbonyl (C=O) groups is 1. The van der Waals surface area contributed by atoms with Gasteiger partial charge in [-0.3, -0.25) is 4.79 Å². The summed E-state index contributed by atoms with van der Waals surface area (Å²) in [5.41, 5.74) is 6.09. The molecule has 1 aliphatic heterocycles. The Hall–Kier alpha value is -0.410. The van der Waals surface area contributed by atoms with Gasteiger partial charge in [0.05, 0.1) is 6.61 Å². The first-order valence-corrected chi connectivity index (χ1v) is 6.16. The average molecular weight is 211 g/mol. The van der Waals surface area contributed by atoms with E-state index in [0.29, 0.717) is 12.4 Å². The third-order valence-electron chi connectivity index (χ3n) is 3.77. The lowest BCUT2D eigenvalue weighted by Crippen LogP contribution is -2.38. The molecule has 3 unspecified atom stereocenters. The second-order valence-electron chi connectivity index (χ2n) is 4.87. The molecule has 2 rings (SSSR count). The minimum atomic E-state index is 0.0978. The Balaban J connectivity index is 1.96. The number of Topliss-reactive ketones (excluding diaryl/α,β-unsaturated/α-hetero) is 1. The quantitative estimate of drug-likeness (QED) is 0.704. The second kappa shape index (κ2) is 5.08. The molecule has 0 aromatic rings. The van der Waals surface area contributed by atoms with E-state index in [4.69, 9.17) is 10.5 Å². The highest BCUT2D eigenvalue weighted by molar-refractivity contribution is 5.84. The topological polar surface area (TPSA) is 52.3 Å². The maximum Gasteiger partial charge on any atom is 0.142 e. The minimum absolute atomic E-state index is 0.0978. The van der Waals surface area contributed by atoms with E-state index in [9.17, 15) is 4.79 Å². The number of hydrogen-bond acceptors (Lipinski definition) is 3. The van der Waals surface area contributed by atoms with E-state index in [1.54, 1.807) is 0 Å². The monoisotopic (exact) mass is 211 g/mol. The first-order valence-electron chi connectivity index (χ1n) is 6.16. The van der Waals surface area contributed by atoms with Crippen molar-refractivity contribution in [3.8, 4) is 0 Å². The van der Waals surface area contributed by atoms with Crippen molar-refractivity contribution in [2.75, 3.05) is 13.2 Å². The van der Waals surface area contributed by atoms with E-state index in [1.807, 2.05) is 0 Å². The second-order valence-corrected chi connectivity index (χ2v) is 4.87. The molecule has 0 spiro atoms. The first-order chi connectivity index (χ1) is 7.29. The number of rotatable bonds is 2. The van der Waals surface area contributed by atoms with Gasteiger partial charge in [-0.2, -0.15) is 0 Å². The largest absolute Gasteiger partial charge is 0.381 e. The number of ketones is 1. The molecule has 1 heterocycles. The molecule has 1 aliphatic carbocycles. The Morgan fingerprint density at radius 1 is 1.13 bits per heavy atom. The van der Waals surface area contributed by atoms with Crippen LogP contribution in [0.1, 0.15) is 38.5 Å². The predicted octanol–water partition coefficient (Wildman–Crippen LogP) is 1.50. The van der Waals surface area contributed by atoms with Crippen molar-refractivity contribution in [3.63, 3.8) is 0 Å². The van der Waals surface area contributed by atoms with Gasteiger partial charge in [0.25, 0.3) is 0 Å². The zero-order valence-electron chi connectivity index (χ0n) is 9.28. The van der Waals surface area contributed by atoms with Crippen LogP contribution in [0.4, 0.5) is 0 Å². The lowest BCUT2D eigenvalue weighted by atomic mass is 9.84. The smallest absolute Gasteiger partial charge is 0.142 e. The van der Waals surface area contributed by atoms with Crippen LogP contribution in [0.25, 0.3) is 0 Å². The molecular formula is C12H21NO2. The number of ether oxygens (including phenoxy) is 1. The molecule has 0 amide bonds. The Kier molecular flexibility index (Phi) is 3.76. The van der Waals surface area contributed by atoms with Gasteiger partial charge in [-0.15, -0.1) is 0 Å². The molecule has 0 radical (unpaired) electrons. The molecule has 2 aliphatic rings. The number of nitrogens with two attached hydrogens (primary N) is 1. The van der Waals surface area contributed by atoms with Crippen molar-refractivity contribution < 1.29 is 9.53 Å². The van der Waals surface area contributed by atoms with Crippen LogP contribution < -0.4 is 5.73 Å². The summed E-state index contributed by atoms with van der Waals surface area (Å²) < 4.78 is 5.27. The SMILES string of the molecule is NC1CCCCCC1C(=O)C1CCOC1. The third kappa shape index (κ3) is 2.58. The minimum Gasteiger partial charge on any atom is -0.381 e. The molecular weight excluding hydrogens is 190 g/mol. The fourth-order valence-corrected chi connectivity index (χ4v) is 2.75. The van der Waals surface area contributed by atoms with Gasteiger partial charge in [0.15, 0.2) is 0 Å². The van der Waals surface area contributed by atoms with Gasteiger partial charge in [0, 0.05) is 24.5 Å². The van der Waals surface area contributed by atoms with Crippen LogP contribution in [0.2, 0.25) is 0 Å². The highest BCUT2D eigenvalue weighted by atomic mass is 16.5. The summed E-state index contributed by atoms with van der Waals surface area (Å²) >= 11 is 0. The normalized spacial score (nSPS) is 37.5. The van der Waals surface area contributed by atoms with Crippen LogP contribution in [0.5, 0.6) is 0 Å². The maximum absolute atomic E-state index is 12.2. The van der Waals surface area contributed by atoms with E-state index in [0.717, 1.165) is 32.3 Å². The standard InChI is InChI=1S/C12H21NO2/c13-11-5-3-1-2-4-10(11)12(14)9-6-7-15-8-9/h9-11H,1-8,13H2. The fourth-order valence-electron chi connectivity index (χ4n) is 2.75. The molecule has 1 saturated heterocycles. The number of carbonyl (C=O) groups excluding carboxylic acids is 1. The van der Waals surface area contributed by atoms with Crippen molar-refractivity contribution in [1.82, 2.24) is 0 Å². The molecule has 2 N–H and O–H groups in total. The molecule has 3 atom stereocenters. The average Bonchev–Trinajstić information content (AvgIpc) is 2.68. The molecule has 0 bridgehead atoms. The molecule has 86 valence electrons. The van der Waals surface area contributed by atoms with Crippen molar-refractivity contribution in [2.24, 2.45) is 17.6 Å².